The Kier molecular flexibility index (Phi) is 3.65. The van der Waals surface area contributed by atoms with Crippen molar-refractivity contribution in [3.8, 4) is 11.3 Å². The number of rotatable bonds is 3. The Balaban J connectivity index is 1.91. The van der Waals surface area contributed by atoms with Gasteiger partial charge in [0.05, 0.1) is 11.2 Å². The van der Waals surface area contributed by atoms with Crippen LogP contribution >= 0.6 is 0 Å². The number of H-pyrrole nitrogens is 1. The van der Waals surface area contributed by atoms with Gasteiger partial charge in [0.2, 0.25) is 0 Å². The first kappa shape index (κ1) is 15.3. The smallest absolute Gasteiger partial charge is 0.147 e. The van der Waals surface area contributed by atoms with Crippen LogP contribution in [-0.2, 0) is 0 Å². The van der Waals surface area contributed by atoms with Crippen molar-refractivity contribution in [3.63, 3.8) is 0 Å². The lowest BCUT2D eigenvalue weighted by Gasteiger charge is -2.36. The summed E-state index contributed by atoms with van der Waals surface area (Å²) in [6.45, 7) is 1.91. The first-order chi connectivity index (χ1) is 11.6. The average molecular weight is 326 g/mol. The lowest BCUT2D eigenvalue weighted by atomic mass is 9.74. The Morgan fingerprint density at radius 1 is 1.08 bits per heavy atom. The fraction of sp³-hybridized carbons (Fsp3) is 0.300. The van der Waals surface area contributed by atoms with Crippen molar-refractivity contribution in [1.82, 2.24) is 10.3 Å². The normalized spacial score (nSPS) is 20.3. The van der Waals surface area contributed by atoms with E-state index in [1.807, 2.05) is 20.0 Å². The highest BCUT2D eigenvalue weighted by atomic mass is 19.1. The van der Waals surface area contributed by atoms with E-state index in [-0.39, 0.29) is 11.6 Å². The second-order valence-electron chi connectivity index (χ2n) is 6.74. The van der Waals surface area contributed by atoms with Crippen molar-refractivity contribution in [1.29, 1.82) is 0 Å². The van der Waals surface area contributed by atoms with Crippen LogP contribution in [0.25, 0.3) is 22.2 Å². The zero-order valence-electron chi connectivity index (χ0n) is 13.8. The number of nitrogens with one attached hydrogen (secondary N) is 2. The Morgan fingerprint density at radius 3 is 2.46 bits per heavy atom. The standard InChI is InChI=1S/C20H20F2N2/c1-11-7-16-18(13-9-15(10-13)23-2)19(24-20(16)17(22)8-11)12-3-5-14(21)6-4-12/h3-8,13,15,23-24H,9-10H2,1-2H3. The van der Waals surface area contributed by atoms with Gasteiger partial charge in [-0.1, -0.05) is 0 Å². The van der Waals surface area contributed by atoms with E-state index >= 15 is 0 Å². The van der Waals surface area contributed by atoms with Crippen LogP contribution < -0.4 is 5.32 Å². The molecule has 4 heteroatoms. The summed E-state index contributed by atoms with van der Waals surface area (Å²) in [7, 11) is 1.97. The predicted octanol–water partition coefficient (Wildman–Crippen LogP) is 4.89. The molecule has 0 aliphatic heterocycles. The van der Waals surface area contributed by atoms with Crippen LogP contribution in [0, 0.1) is 18.6 Å². The van der Waals surface area contributed by atoms with Gasteiger partial charge in [-0.05, 0) is 85.8 Å². The maximum atomic E-state index is 14.4. The molecule has 2 aromatic carbocycles. The molecule has 1 fully saturated rings. The Bertz CT molecular complexity index is 890. The minimum absolute atomic E-state index is 0.232. The maximum Gasteiger partial charge on any atom is 0.147 e. The summed E-state index contributed by atoms with van der Waals surface area (Å²) < 4.78 is 27.7. The number of aromatic nitrogens is 1. The Morgan fingerprint density at radius 2 is 1.79 bits per heavy atom. The van der Waals surface area contributed by atoms with Gasteiger partial charge in [0.25, 0.3) is 0 Å². The highest BCUT2D eigenvalue weighted by molar-refractivity contribution is 5.92. The first-order valence-corrected chi connectivity index (χ1v) is 8.31. The van der Waals surface area contributed by atoms with E-state index < -0.39 is 0 Å². The highest BCUT2D eigenvalue weighted by Gasteiger charge is 2.33. The molecule has 4 rings (SSSR count). The molecule has 2 nitrogen and oxygen atoms in total. The number of hydrogen-bond donors (Lipinski definition) is 2. The fourth-order valence-electron chi connectivity index (χ4n) is 3.77. The molecule has 1 heterocycles. The number of fused-ring (bicyclic) bond motifs is 1. The minimum Gasteiger partial charge on any atom is -0.352 e. The molecule has 1 saturated carbocycles. The number of aromatic amines is 1. The third kappa shape index (κ3) is 2.42. The van der Waals surface area contributed by atoms with Crippen molar-refractivity contribution in [2.75, 3.05) is 7.05 Å². The lowest BCUT2D eigenvalue weighted by Crippen LogP contribution is -2.37. The van der Waals surface area contributed by atoms with Crippen LogP contribution in [0.4, 0.5) is 8.78 Å². The zero-order chi connectivity index (χ0) is 16.8. The molecule has 0 saturated heterocycles. The number of benzene rings is 2. The topological polar surface area (TPSA) is 27.8 Å². The van der Waals surface area contributed by atoms with E-state index in [1.54, 1.807) is 18.2 Å². The maximum absolute atomic E-state index is 14.4. The summed E-state index contributed by atoms with van der Waals surface area (Å²) >= 11 is 0. The first-order valence-electron chi connectivity index (χ1n) is 8.31. The summed E-state index contributed by atoms with van der Waals surface area (Å²) in [5, 5.41) is 4.25. The number of aryl methyl sites for hydroxylation is 1. The lowest BCUT2D eigenvalue weighted by molar-refractivity contribution is 0.309. The molecule has 124 valence electrons. The van der Waals surface area contributed by atoms with Crippen LogP contribution in [-0.4, -0.2) is 18.1 Å². The molecule has 1 aliphatic carbocycles. The van der Waals surface area contributed by atoms with Crippen LogP contribution in [0.2, 0.25) is 0 Å². The number of hydrogen-bond acceptors (Lipinski definition) is 1. The van der Waals surface area contributed by atoms with Crippen molar-refractivity contribution >= 4 is 10.9 Å². The molecule has 0 amide bonds. The quantitative estimate of drug-likeness (QED) is 0.705. The van der Waals surface area contributed by atoms with Gasteiger partial charge in [-0.25, -0.2) is 8.78 Å². The average Bonchev–Trinajstić information content (AvgIpc) is 2.87. The van der Waals surface area contributed by atoms with Crippen LogP contribution in [0.1, 0.15) is 29.9 Å². The van der Waals surface area contributed by atoms with E-state index in [4.69, 9.17) is 0 Å². The summed E-state index contributed by atoms with van der Waals surface area (Å²) in [6, 6.07) is 10.5. The molecular formula is C20H20F2N2. The molecule has 0 bridgehead atoms. The molecular weight excluding hydrogens is 306 g/mol. The second kappa shape index (κ2) is 5.71. The van der Waals surface area contributed by atoms with Crippen LogP contribution in [0.3, 0.4) is 0 Å². The van der Waals surface area contributed by atoms with E-state index in [0.29, 0.717) is 17.5 Å². The van der Waals surface area contributed by atoms with Gasteiger partial charge in [0.1, 0.15) is 11.6 Å². The molecule has 3 aromatic rings. The van der Waals surface area contributed by atoms with Gasteiger partial charge in [0.15, 0.2) is 0 Å². The number of halogens is 2. The van der Waals surface area contributed by atoms with Crippen LogP contribution in [0.15, 0.2) is 36.4 Å². The van der Waals surface area contributed by atoms with E-state index in [9.17, 15) is 8.78 Å². The van der Waals surface area contributed by atoms with E-state index in [1.165, 1.54) is 12.1 Å². The molecule has 2 N–H and O–H groups in total. The van der Waals surface area contributed by atoms with Crippen LogP contribution in [0.5, 0.6) is 0 Å². The van der Waals surface area contributed by atoms with Crippen molar-refractivity contribution in [3.05, 3.63) is 59.2 Å². The molecule has 1 aliphatic rings. The highest BCUT2D eigenvalue weighted by Crippen LogP contribution is 2.45. The fourth-order valence-corrected chi connectivity index (χ4v) is 3.77. The third-order valence-corrected chi connectivity index (χ3v) is 5.13. The largest absolute Gasteiger partial charge is 0.352 e. The summed E-state index contributed by atoms with van der Waals surface area (Å²) in [6.07, 6.45) is 2.07. The summed E-state index contributed by atoms with van der Waals surface area (Å²) in [5.74, 6) is -0.112. The second-order valence-corrected chi connectivity index (χ2v) is 6.74. The molecule has 24 heavy (non-hydrogen) atoms. The van der Waals surface area contributed by atoms with Gasteiger partial charge >= 0.3 is 0 Å². The molecule has 0 atom stereocenters. The Labute approximate surface area is 139 Å². The van der Waals surface area contributed by atoms with E-state index in [2.05, 4.69) is 10.3 Å². The van der Waals surface area contributed by atoms with Gasteiger partial charge in [-0.15, -0.1) is 0 Å². The van der Waals surface area contributed by atoms with E-state index in [0.717, 1.165) is 40.6 Å². The molecule has 1 aromatic heterocycles. The SMILES string of the molecule is CNC1CC(c2c(-c3ccc(F)cc3)[nH]c3c(F)cc(C)cc23)C1. The van der Waals surface area contributed by atoms with Crippen molar-refractivity contribution in [2.24, 2.45) is 0 Å². The predicted molar refractivity (Wildman–Crippen MR) is 93.2 cm³/mol. The zero-order valence-corrected chi connectivity index (χ0v) is 13.8. The van der Waals surface area contributed by atoms with Gasteiger partial charge in [-0.2, -0.15) is 0 Å². The van der Waals surface area contributed by atoms with Crippen molar-refractivity contribution in [2.45, 2.75) is 31.7 Å². The van der Waals surface area contributed by atoms with Crippen molar-refractivity contribution < 1.29 is 8.78 Å². The minimum atomic E-state index is -0.266. The molecule has 0 radical (unpaired) electrons. The molecule has 0 spiro atoms. The summed E-state index contributed by atoms with van der Waals surface area (Å²) in [4.78, 5) is 3.26. The van der Waals surface area contributed by atoms with Gasteiger partial charge < -0.3 is 10.3 Å². The molecule has 0 unspecified atom stereocenters. The van der Waals surface area contributed by atoms with Gasteiger partial charge in [0, 0.05) is 11.4 Å². The van der Waals surface area contributed by atoms with Gasteiger partial charge in [-0.3, -0.25) is 0 Å². The third-order valence-electron chi connectivity index (χ3n) is 5.13. The Hall–Kier alpha value is -2.20. The monoisotopic (exact) mass is 326 g/mol. The summed E-state index contributed by atoms with van der Waals surface area (Å²) in [5.41, 5.74) is 4.42.